The van der Waals surface area contributed by atoms with E-state index in [0.29, 0.717) is 5.92 Å². The second-order valence-electron chi connectivity index (χ2n) is 6.23. The van der Waals surface area contributed by atoms with Gasteiger partial charge in [-0.3, -0.25) is 9.59 Å². The fraction of sp³-hybridized carbons (Fsp3) is 0.867. The fourth-order valence-electron chi connectivity index (χ4n) is 3.32. The van der Waals surface area contributed by atoms with E-state index in [2.05, 4.69) is 12.2 Å². The van der Waals surface area contributed by atoms with Gasteiger partial charge in [0.05, 0.1) is 0 Å². The third-order valence-electron chi connectivity index (χ3n) is 4.59. The molecule has 2 rings (SSSR count). The molecule has 2 amide bonds. The normalized spacial score (nSPS) is 23.4. The third-order valence-corrected chi connectivity index (χ3v) is 4.59. The quantitative estimate of drug-likeness (QED) is 0.848. The molecule has 0 aromatic carbocycles. The number of carbonyl (C=O) groups is 2. The van der Waals surface area contributed by atoms with Crippen LogP contribution in [-0.4, -0.2) is 35.8 Å². The Labute approximate surface area is 115 Å². The molecule has 0 aromatic heterocycles. The summed E-state index contributed by atoms with van der Waals surface area (Å²) in [5, 5.41) is 2.90. The zero-order chi connectivity index (χ0) is 13.8. The molecule has 1 aliphatic heterocycles. The van der Waals surface area contributed by atoms with Crippen LogP contribution in [0.4, 0.5) is 0 Å². The minimum Gasteiger partial charge on any atom is -0.344 e. The Morgan fingerprint density at radius 2 is 1.68 bits per heavy atom. The zero-order valence-corrected chi connectivity index (χ0v) is 12.2. The van der Waals surface area contributed by atoms with E-state index >= 15 is 0 Å². The van der Waals surface area contributed by atoms with Gasteiger partial charge in [0.25, 0.3) is 0 Å². The molecule has 1 heterocycles. The van der Waals surface area contributed by atoms with Crippen molar-refractivity contribution in [3.8, 4) is 0 Å². The smallest absolute Gasteiger partial charge is 0.245 e. The lowest BCUT2D eigenvalue weighted by molar-refractivity contribution is -0.138. The summed E-state index contributed by atoms with van der Waals surface area (Å²) < 4.78 is 0. The second-order valence-corrected chi connectivity index (χ2v) is 6.23. The summed E-state index contributed by atoms with van der Waals surface area (Å²) in [7, 11) is 0. The summed E-state index contributed by atoms with van der Waals surface area (Å²) in [6.07, 6.45) is 6.68. The molecule has 1 aliphatic carbocycles. The van der Waals surface area contributed by atoms with Crippen molar-refractivity contribution in [2.24, 2.45) is 11.8 Å². The van der Waals surface area contributed by atoms with Gasteiger partial charge in [-0.1, -0.05) is 19.8 Å². The number of nitrogens with one attached hydrogen (secondary N) is 1. The van der Waals surface area contributed by atoms with Crippen LogP contribution < -0.4 is 5.32 Å². The van der Waals surface area contributed by atoms with Gasteiger partial charge < -0.3 is 10.2 Å². The summed E-state index contributed by atoms with van der Waals surface area (Å²) in [5.74, 6) is 1.12. The molecule has 4 nitrogen and oxygen atoms in total. The molecule has 1 atom stereocenters. The van der Waals surface area contributed by atoms with Crippen molar-refractivity contribution >= 4 is 11.8 Å². The van der Waals surface area contributed by atoms with Gasteiger partial charge in [-0.2, -0.15) is 0 Å². The van der Waals surface area contributed by atoms with Crippen LogP contribution in [0.3, 0.4) is 0 Å². The summed E-state index contributed by atoms with van der Waals surface area (Å²) in [4.78, 5) is 26.0. The molecule has 2 aliphatic rings. The lowest BCUT2D eigenvalue weighted by Gasteiger charge is -2.35. The van der Waals surface area contributed by atoms with Crippen LogP contribution in [-0.2, 0) is 9.59 Å². The number of amides is 2. The van der Waals surface area contributed by atoms with Crippen molar-refractivity contribution in [2.75, 3.05) is 13.1 Å². The van der Waals surface area contributed by atoms with Crippen molar-refractivity contribution in [1.82, 2.24) is 10.2 Å². The van der Waals surface area contributed by atoms with Crippen LogP contribution in [0.25, 0.3) is 0 Å². The van der Waals surface area contributed by atoms with Gasteiger partial charge in [0.1, 0.15) is 6.04 Å². The Morgan fingerprint density at radius 3 is 2.21 bits per heavy atom. The van der Waals surface area contributed by atoms with E-state index in [1.54, 1.807) is 0 Å². The fourth-order valence-corrected chi connectivity index (χ4v) is 3.32. The lowest BCUT2D eigenvalue weighted by Crippen LogP contribution is -2.53. The lowest BCUT2D eigenvalue weighted by atomic mass is 9.94. The minimum absolute atomic E-state index is 0.0874. The van der Waals surface area contributed by atoms with E-state index in [-0.39, 0.29) is 17.9 Å². The van der Waals surface area contributed by atoms with E-state index in [1.165, 1.54) is 19.8 Å². The Hall–Kier alpha value is -1.06. The molecule has 4 heteroatoms. The molecular formula is C15H26N2O2. The van der Waals surface area contributed by atoms with Crippen molar-refractivity contribution in [2.45, 2.75) is 58.4 Å². The SMILES string of the molecule is CC(=O)NC(C(=O)N1CCC(C)CC1)C1CCCC1. The molecule has 0 radical (unpaired) electrons. The first-order valence-electron chi connectivity index (χ1n) is 7.64. The second kappa shape index (κ2) is 6.40. The molecule has 19 heavy (non-hydrogen) atoms. The molecule has 1 N–H and O–H groups in total. The minimum atomic E-state index is -0.284. The van der Waals surface area contributed by atoms with Gasteiger partial charge in [0, 0.05) is 20.0 Å². The Balaban J connectivity index is 2.00. The summed E-state index contributed by atoms with van der Waals surface area (Å²) in [6.45, 7) is 5.45. The first kappa shape index (κ1) is 14.4. The molecule has 0 spiro atoms. The Morgan fingerprint density at radius 1 is 1.11 bits per heavy atom. The largest absolute Gasteiger partial charge is 0.344 e. The van der Waals surface area contributed by atoms with Crippen molar-refractivity contribution < 1.29 is 9.59 Å². The molecule has 0 bridgehead atoms. The van der Waals surface area contributed by atoms with Crippen LogP contribution in [0.1, 0.15) is 52.4 Å². The van der Waals surface area contributed by atoms with Crippen LogP contribution in [0.15, 0.2) is 0 Å². The zero-order valence-electron chi connectivity index (χ0n) is 12.2. The summed E-state index contributed by atoms with van der Waals surface area (Å²) in [6, 6.07) is -0.284. The van der Waals surface area contributed by atoms with E-state index in [4.69, 9.17) is 0 Å². The maximum Gasteiger partial charge on any atom is 0.245 e. The number of hydrogen-bond acceptors (Lipinski definition) is 2. The van der Waals surface area contributed by atoms with Crippen LogP contribution in [0, 0.1) is 11.8 Å². The predicted octanol–water partition coefficient (Wildman–Crippen LogP) is 1.94. The highest BCUT2D eigenvalue weighted by Gasteiger charge is 2.34. The monoisotopic (exact) mass is 266 g/mol. The number of rotatable bonds is 3. The highest BCUT2D eigenvalue weighted by atomic mass is 16.2. The van der Waals surface area contributed by atoms with Crippen LogP contribution in [0.5, 0.6) is 0 Å². The van der Waals surface area contributed by atoms with Crippen molar-refractivity contribution in [3.63, 3.8) is 0 Å². The predicted molar refractivity (Wildman–Crippen MR) is 74.5 cm³/mol. The van der Waals surface area contributed by atoms with E-state index < -0.39 is 0 Å². The van der Waals surface area contributed by atoms with Crippen LogP contribution >= 0.6 is 0 Å². The third kappa shape index (κ3) is 3.71. The first-order chi connectivity index (χ1) is 9.08. The van der Waals surface area contributed by atoms with Crippen molar-refractivity contribution in [1.29, 1.82) is 0 Å². The highest BCUT2D eigenvalue weighted by molar-refractivity contribution is 5.87. The summed E-state index contributed by atoms with van der Waals surface area (Å²) in [5.41, 5.74) is 0. The molecule has 2 fully saturated rings. The average Bonchev–Trinajstić information content (AvgIpc) is 2.89. The maximum atomic E-state index is 12.6. The average molecular weight is 266 g/mol. The molecule has 1 unspecified atom stereocenters. The van der Waals surface area contributed by atoms with E-state index in [0.717, 1.165) is 44.7 Å². The number of carbonyl (C=O) groups excluding carboxylic acids is 2. The van der Waals surface area contributed by atoms with Crippen LogP contribution in [0.2, 0.25) is 0 Å². The first-order valence-corrected chi connectivity index (χ1v) is 7.64. The maximum absolute atomic E-state index is 12.6. The topological polar surface area (TPSA) is 49.4 Å². The molecule has 108 valence electrons. The van der Waals surface area contributed by atoms with E-state index in [1.807, 2.05) is 4.90 Å². The van der Waals surface area contributed by atoms with Gasteiger partial charge in [0.15, 0.2) is 0 Å². The molecule has 1 saturated heterocycles. The van der Waals surface area contributed by atoms with Gasteiger partial charge in [-0.15, -0.1) is 0 Å². The van der Waals surface area contributed by atoms with Gasteiger partial charge in [0.2, 0.25) is 11.8 Å². The summed E-state index contributed by atoms with van der Waals surface area (Å²) >= 11 is 0. The van der Waals surface area contributed by atoms with Gasteiger partial charge >= 0.3 is 0 Å². The standard InChI is InChI=1S/C15H26N2O2/c1-11-7-9-17(10-8-11)15(19)14(16-12(2)18)13-5-3-4-6-13/h11,13-14H,3-10H2,1-2H3,(H,16,18). The van der Waals surface area contributed by atoms with Gasteiger partial charge in [-0.25, -0.2) is 0 Å². The van der Waals surface area contributed by atoms with Gasteiger partial charge in [-0.05, 0) is 37.5 Å². The molecule has 1 saturated carbocycles. The van der Waals surface area contributed by atoms with Crippen molar-refractivity contribution in [3.05, 3.63) is 0 Å². The molecule has 0 aromatic rings. The Kier molecular flexibility index (Phi) is 4.83. The number of likely N-dealkylation sites (tertiary alicyclic amines) is 1. The number of nitrogens with zero attached hydrogens (tertiary/aromatic N) is 1. The number of hydrogen-bond donors (Lipinski definition) is 1. The Bertz CT molecular complexity index is 329. The van der Waals surface area contributed by atoms with E-state index in [9.17, 15) is 9.59 Å². The highest BCUT2D eigenvalue weighted by Crippen LogP contribution is 2.29. The number of piperidine rings is 1. The molecular weight excluding hydrogens is 240 g/mol.